The van der Waals surface area contributed by atoms with E-state index in [9.17, 15) is 51.7 Å². The van der Waals surface area contributed by atoms with Crippen LogP contribution >= 0.6 is 11.8 Å². The molecule has 0 radical (unpaired) electrons. The Bertz CT molecular complexity index is 2320. The van der Waals surface area contributed by atoms with Gasteiger partial charge in [0.1, 0.15) is 0 Å². The predicted octanol–water partition coefficient (Wildman–Crippen LogP) is 9.10. The molecule has 7 rings (SSSR count). The lowest BCUT2D eigenvalue weighted by atomic mass is 9.94. The smallest absolute Gasteiger partial charge is 0.376 e. The molecular formula is C37H30F6N4O6S. The van der Waals surface area contributed by atoms with Gasteiger partial charge in [0.25, 0.3) is 11.4 Å². The zero-order valence-corrected chi connectivity index (χ0v) is 29.0. The Morgan fingerprint density at radius 3 is 1.65 bits per heavy atom. The third kappa shape index (κ3) is 7.25. The van der Waals surface area contributed by atoms with Crippen LogP contribution in [0.3, 0.4) is 0 Å². The fourth-order valence-electron chi connectivity index (χ4n) is 6.33. The summed E-state index contributed by atoms with van der Waals surface area (Å²) in [5.41, 5.74) is -3.79. The third-order valence-corrected chi connectivity index (χ3v) is 9.85. The lowest BCUT2D eigenvalue weighted by molar-refractivity contribution is -0.384. The van der Waals surface area contributed by atoms with Gasteiger partial charge in [-0.3, -0.25) is 20.2 Å². The molecule has 1 saturated heterocycles. The summed E-state index contributed by atoms with van der Waals surface area (Å²) < 4.78 is 89.8. The second kappa shape index (κ2) is 14.4. The van der Waals surface area contributed by atoms with Crippen LogP contribution in [0.5, 0.6) is 0 Å². The van der Waals surface area contributed by atoms with Crippen LogP contribution in [-0.2, 0) is 29.0 Å². The summed E-state index contributed by atoms with van der Waals surface area (Å²) in [7, 11) is 0. The number of nitro benzene ring substituents is 2. The Labute approximate surface area is 306 Å². The molecule has 0 bridgehead atoms. The first kappa shape index (κ1) is 38.3. The highest BCUT2D eigenvalue weighted by Gasteiger charge is 2.68. The maximum atomic E-state index is 13.8. The van der Waals surface area contributed by atoms with Crippen LogP contribution < -0.4 is 0 Å². The maximum Gasteiger partial charge on any atom is 0.424 e. The number of hydrogen-bond donors (Lipinski definition) is 1. The number of aliphatic hydroxyl groups is 1. The van der Waals surface area contributed by atoms with Crippen LogP contribution in [0.1, 0.15) is 22.3 Å². The van der Waals surface area contributed by atoms with E-state index in [-0.39, 0.29) is 39.9 Å². The normalized spacial score (nSPS) is 16.8. The number of nitrogens with zero attached hydrogens (tertiary/aromatic N) is 4. The number of epoxide rings is 1. The molecule has 1 aliphatic rings. The summed E-state index contributed by atoms with van der Waals surface area (Å²) in [6.07, 6.45) is -5.35. The van der Waals surface area contributed by atoms with Crippen molar-refractivity contribution in [1.82, 2.24) is 9.13 Å². The van der Waals surface area contributed by atoms with Crippen molar-refractivity contribution in [1.29, 1.82) is 0 Å². The lowest BCUT2D eigenvalue weighted by Gasteiger charge is -2.29. The van der Waals surface area contributed by atoms with Gasteiger partial charge in [0, 0.05) is 77.4 Å². The van der Waals surface area contributed by atoms with Gasteiger partial charge in [-0.15, -0.1) is 0 Å². The molecule has 3 heterocycles. The summed E-state index contributed by atoms with van der Waals surface area (Å²) in [6, 6.07) is 25.7. The molecule has 2 atom stereocenters. The minimum Gasteiger partial charge on any atom is -0.376 e. The minimum atomic E-state index is -4.90. The summed E-state index contributed by atoms with van der Waals surface area (Å²) >= 11 is 0.873. The molecule has 0 aliphatic carbocycles. The number of ether oxygens (including phenoxy) is 1. The highest BCUT2D eigenvalue weighted by Crippen LogP contribution is 2.54. The van der Waals surface area contributed by atoms with Gasteiger partial charge in [-0.1, -0.05) is 60.7 Å². The van der Waals surface area contributed by atoms with Crippen molar-refractivity contribution < 1.29 is 46.0 Å². The fourth-order valence-corrected chi connectivity index (χ4v) is 7.06. The van der Waals surface area contributed by atoms with Gasteiger partial charge in [0.05, 0.1) is 27.5 Å². The van der Waals surface area contributed by atoms with Gasteiger partial charge in [0.2, 0.25) is 5.60 Å². The summed E-state index contributed by atoms with van der Waals surface area (Å²) in [5.74, 6) is -0.585. The van der Waals surface area contributed by atoms with Crippen molar-refractivity contribution in [2.45, 2.75) is 36.6 Å². The van der Waals surface area contributed by atoms with Crippen LogP contribution in [0.4, 0.5) is 37.7 Å². The first-order valence-electron chi connectivity index (χ1n) is 16.1. The molecule has 6 aromatic rings. The summed E-state index contributed by atoms with van der Waals surface area (Å²) in [4.78, 5) is 21.1. The molecule has 1 fully saturated rings. The Morgan fingerprint density at radius 2 is 1.22 bits per heavy atom. The van der Waals surface area contributed by atoms with Gasteiger partial charge in [-0.25, -0.2) is 0 Å². The molecule has 282 valence electrons. The van der Waals surface area contributed by atoms with E-state index in [4.69, 9.17) is 4.74 Å². The molecule has 0 amide bonds. The number of non-ortho nitro benzene ring substituents is 2. The standard InChI is InChI=1S/C19H17F3N2O3S.C18H13F3N2O3/c1-28-12-18(25,19(20,21)22)16-11-23(10-13-5-3-2-4-6-13)17-9-14(24(26)27)7-8-15(16)17;19-18(20,21)17(11-26-17)15-10-22(9-12-4-2-1-3-5-12)16-8-13(23(24)25)6-7-14(15)16/h2-9,11,25H,10,12H2,1H3;1-8,10H,9,11H2. The number of halogens is 6. The molecule has 0 spiro atoms. The van der Waals surface area contributed by atoms with E-state index in [0.717, 1.165) is 29.0 Å². The highest BCUT2D eigenvalue weighted by molar-refractivity contribution is 7.98. The minimum absolute atomic E-state index is 0.00849. The predicted molar refractivity (Wildman–Crippen MR) is 190 cm³/mol. The van der Waals surface area contributed by atoms with E-state index in [2.05, 4.69) is 0 Å². The number of benzene rings is 4. The quantitative estimate of drug-likeness (QED) is 0.0637. The molecule has 4 aromatic carbocycles. The molecule has 2 unspecified atom stereocenters. The van der Waals surface area contributed by atoms with Crippen LogP contribution in [0.2, 0.25) is 0 Å². The highest BCUT2D eigenvalue weighted by atomic mass is 32.2. The Hall–Kier alpha value is -5.39. The van der Waals surface area contributed by atoms with E-state index in [1.165, 1.54) is 53.5 Å². The van der Waals surface area contributed by atoms with E-state index in [1.54, 1.807) is 28.8 Å². The van der Waals surface area contributed by atoms with Crippen molar-refractivity contribution in [3.05, 3.63) is 152 Å². The Kier molecular flexibility index (Phi) is 10.3. The fraction of sp³-hybridized carbons (Fsp3) is 0.243. The van der Waals surface area contributed by atoms with Gasteiger partial charge in [0.15, 0.2) is 5.60 Å². The average molecular weight is 773 g/mol. The van der Waals surface area contributed by atoms with Gasteiger partial charge in [-0.05, 0) is 29.5 Å². The maximum absolute atomic E-state index is 13.8. The number of rotatable bonds is 10. The molecule has 2 aromatic heterocycles. The second-order valence-corrected chi connectivity index (χ2v) is 13.5. The van der Waals surface area contributed by atoms with Crippen molar-refractivity contribution in [2.24, 2.45) is 0 Å². The molecule has 1 N–H and O–H groups in total. The molecule has 54 heavy (non-hydrogen) atoms. The van der Waals surface area contributed by atoms with Crippen LogP contribution in [0, 0.1) is 20.2 Å². The van der Waals surface area contributed by atoms with E-state index >= 15 is 0 Å². The Balaban J connectivity index is 0.000000185. The van der Waals surface area contributed by atoms with Gasteiger partial charge < -0.3 is 19.0 Å². The zero-order valence-electron chi connectivity index (χ0n) is 28.2. The topological polar surface area (TPSA) is 129 Å². The lowest BCUT2D eigenvalue weighted by Crippen LogP contribution is -2.44. The van der Waals surface area contributed by atoms with Crippen molar-refractivity contribution in [3.63, 3.8) is 0 Å². The van der Waals surface area contributed by atoms with Crippen LogP contribution in [-0.4, -0.2) is 55.1 Å². The van der Waals surface area contributed by atoms with Crippen LogP contribution in [0.15, 0.2) is 109 Å². The van der Waals surface area contributed by atoms with E-state index in [1.807, 2.05) is 36.4 Å². The summed E-state index contributed by atoms with van der Waals surface area (Å²) in [5, 5.41) is 33.2. The largest absolute Gasteiger partial charge is 0.424 e. The SMILES string of the molecule is CSCC(O)(c1cn(Cc2ccccc2)c2cc([N+](=O)[O-])ccc12)C(F)(F)F.O=[N+]([O-])c1ccc2c(C3(C(F)(F)F)CO3)cn(Cc3ccccc3)c2c1. The first-order valence-corrected chi connectivity index (χ1v) is 17.5. The first-order chi connectivity index (χ1) is 25.5. The molecule has 17 heteroatoms. The number of hydrogen-bond acceptors (Lipinski definition) is 7. The number of nitro groups is 2. The molecule has 0 saturated carbocycles. The van der Waals surface area contributed by atoms with E-state index in [0.29, 0.717) is 17.4 Å². The number of alkyl halides is 6. The van der Waals surface area contributed by atoms with Crippen LogP contribution in [0.25, 0.3) is 21.8 Å². The number of thioether (sulfide) groups is 1. The molecule has 1 aliphatic heterocycles. The molecule has 10 nitrogen and oxygen atoms in total. The number of fused-ring (bicyclic) bond motifs is 2. The average Bonchev–Trinajstić information content (AvgIpc) is 3.77. The van der Waals surface area contributed by atoms with Crippen molar-refractivity contribution in [2.75, 3.05) is 18.6 Å². The van der Waals surface area contributed by atoms with E-state index < -0.39 is 45.8 Å². The zero-order chi connectivity index (χ0) is 39.1. The third-order valence-electron chi connectivity index (χ3n) is 9.14. The van der Waals surface area contributed by atoms with Gasteiger partial charge >= 0.3 is 12.4 Å². The van der Waals surface area contributed by atoms with Gasteiger partial charge in [-0.2, -0.15) is 38.1 Å². The summed E-state index contributed by atoms with van der Waals surface area (Å²) in [6.45, 7) is 0.0656. The second-order valence-electron chi connectivity index (χ2n) is 12.6. The number of aromatic nitrogens is 2. The van der Waals surface area contributed by atoms with Crippen molar-refractivity contribution in [3.8, 4) is 0 Å². The monoisotopic (exact) mass is 772 g/mol. The molecular weight excluding hydrogens is 742 g/mol. The Morgan fingerprint density at radius 1 is 0.759 bits per heavy atom. The van der Waals surface area contributed by atoms with Crippen molar-refractivity contribution >= 4 is 44.9 Å².